The van der Waals surface area contributed by atoms with Gasteiger partial charge < -0.3 is 16.0 Å². The highest BCUT2D eigenvalue weighted by Crippen LogP contribution is 2.09. The molecule has 1 atom stereocenters. The Morgan fingerprint density at radius 3 is 2.53 bits per heavy atom. The predicted octanol–water partition coefficient (Wildman–Crippen LogP) is 0.256. The van der Waals surface area contributed by atoms with Crippen molar-refractivity contribution in [3.63, 3.8) is 0 Å². The Labute approximate surface area is 117 Å². The average Bonchev–Trinajstić information content (AvgIpc) is 2.52. The summed E-state index contributed by atoms with van der Waals surface area (Å²) in [4.78, 5) is 16.8. The Hall–Kier alpha value is -0.650. The van der Waals surface area contributed by atoms with E-state index >= 15 is 0 Å². The molecule has 0 aromatic carbocycles. The summed E-state index contributed by atoms with van der Waals surface area (Å²) in [5, 5.41) is 3.06. The first kappa shape index (κ1) is 16.4. The van der Waals surface area contributed by atoms with Gasteiger partial charge in [-0.2, -0.15) is 0 Å². The van der Waals surface area contributed by atoms with Crippen molar-refractivity contribution in [2.45, 2.75) is 45.7 Å². The second-order valence-electron chi connectivity index (χ2n) is 6.44. The van der Waals surface area contributed by atoms with Crippen LogP contribution in [0.1, 0.15) is 34.1 Å². The molecule has 1 amide bonds. The highest BCUT2D eigenvalue weighted by molar-refractivity contribution is 5.81. The van der Waals surface area contributed by atoms with Crippen LogP contribution in [0.5, 0.6) is 0 Å². The van der Waals surface area contributed by atoms with Crippen LogP contribution >= 0.6 is 0 Å². The molecule has 0 aromatic heterocycles. The van der Waals surface area contributed by atoms with Crippen molar-refractivity contribution in [1.82, 2.24) is 15.1 Å². The van der Waals surface area contributed by atoms with Gasteiger partial charge in [0.05, 0.1) is 6.04 Å². The number of carbonyl (C=O) groups is 1. The maximum atomic E-state index is 12.2. The van der Waals surface area contributed by atoms with Gasteiger partial charge in [-0.1, -0.05) is 0 Å². The van der Waals surface area contributed by atoms with Crippen LogP contribution < -0.4 is 11.1 Å². The molecule has 1 aliphatic rings. The summed E-state index contributed by atoms with van der Waals surface area (Å²) in [6, 6.07) is -0.0583. The summed E-state index contributed by atoms with van der Waals surface area (Å²) in [6.45, 7) is 13.7. The second kappa shape index (κ2) is 7.22. The summed E-state index contributed by atoms with van der Waals surface area (Å²) < 4.78 is 0. The lowest BCUT2D eigenvalue weighted by Gasteiger charge is -2.30. The molecule has 0 saturated carbocycles. The Morgan fingerprint density at radius 1 is 1.26 bits per heavy atom. The van der Waals surface area contributed by atoms with Crippen LogP contribution in [-0.2, 0) is 4.79 Å². The van der Waals surface area contributed by atoms with Gasteiger partial charge in [0.15, 0.2) is 0 Å². The molecule has 5 heteroatoms. The standard InChI is InChI=1S/C14H30N4O/c1-12(13(19)16-14(2,3)4)18-8-5-7-17(9-6-15)10-11-18/h12H,5-11,15H2,1-4H3,(H,16,19). The molecule has 19 heavy (non-hydrogen) atoms. The Morgan fingerprint density at radius 2 is 1.95 bits per heavy atom. The van der Waals surface area contributed by atoms with Gasteiger partial charge in [-0.15, -0.1) is 0 Å². The van der Waals surface area contributed by atoms with Gasteiger partial charge in [0.1, 0.15) is 0 Å². The van der Waals surface area contributed by atoms with Crippen molar-refractivity contribution >= 4 is 5.91 Å². The van der Waals surface area contributed by atoms with Crippen LogP contribution in [0, 0.1) is 0 Å². The van der Waals surface area contributed by atoms with Crippen LogP contribution in [0.25, 0.3) is 0 Å². The fourth-order valence-electron chi connectivity index (χ4n) is 2.42. The van der Waals surface area contributed by atoms with E-state index in [2.05, 4.69) is 15.1 Å². The first-order chi connectivity index (χ1) is 8.83. The van der Waals surface area contributed by atoms with E-state index in [-0.39, 0.29) is 17.5 Å². The van der Waals surface area contributed by atoms with Gasteiger partial charge in [0.2, 0.25) is 5.91 Å². The van der Waals surface area contributed by atoms with E-state index in [4.69, 9.17) is 5.73 Å². The molecule has 0 radical (unpaired) electrons. The maximum absolute atomic E-state index is 12.2. The number of rotatable bonds is 4. The number of nitrogens with zero attached hydrogens (tertiary/aromatic N) is 2. The zero-order valence-electron chi connectivity index (χ0n) is 12.9. The third kappa shape index (κ3) is 5.89. The predicted molar refractivity (Wildman–Crippen MR) is 79.0 cm³/mol. The molecule has 1 rings (SSSR count). The summed E-state index contributed by atoms with van der Waals surface area (Å²) >= 11 is 0. The number of amides is 1. The fraction of sp³-hybridized carbons (Fsp3) is 0.929. The summed E-state index contributed by atoms with van der Waals surface area (Å²) in [5.74, 6) is 0.125. The first-order valence-electron chi connectivity index (χ1n) is 7.32. The first-order valence-corrected chi connectivity index (χ1v) is 7.32. The number of hydrogen-bond donors (Lipinski definition) is 2. The van der Waals surface area contributed by atoms with E-state index in [1.54, 1.807) is 0 Å². The highest BCUT2D eigenvalue weighted by atomic mass is 16.2. The van der Waals surface area contributed by atoms with Crippen LogP contribution in [0.2, 0.25) is 0 Å². The average molecular weight is 270 g/mol. The van der Waals surface area contributed by atoms with Gasteiger partial charge >= 0.3 is 0 Å². The normalized spacial score (nSPS) is 20.9. The fourth-order valence-corrected chi connectivity index (χ4v) is 2.42. The van der Waals surface area contributed by atoms with Crippen molar-refractivity contribution in [2.24, 2.45) is 5.73 Å². The number of nitrogens with two attached hydrogens (primary N) is 1. The molecular weight excluding hydrogens is 240 g/mol. The molecule has 1 unspecified atom stereocenters. The van der Waals surface area contributed by atoms with Crippen molar-refractivity contribution < 1.29 is 4.79 Å². The number of hydrogen-bond acceptors (Lipinski definition) is 4. The molecule has 5 nitrogen and oxygen atoms in total. The van der Waals surface area contributed by atoms with Crippen molar-refractivity contribution in [3.8, 4) is 0 Å². The lowest BCUT2D eigenvalue weighted by atomic mass is 10.1. The minimum Gasteiger partial charge on any atom is -0.350 e. The van der Waals surface area contributed by atoms with Crippen LogP contribution in [0.3, 0.4) is 0 Å². The van der Waals surface area contributed by atoms with Gasteiger partial charge in [0.25, 0.3) is 0 Å². The quantitative estimate of drug-likeness (QED) is 0.769. The van der Waals surface area contributed by atoms with Gasteiger partial charge in [0, 0.05) is 38.3 Å². The van der Waals surface area contributed by atoms with E-state index in [0.717, 1.165) is 39.1 Å². The Kier molecular flexibility index (Phi) is 6.23. The van der Waals surface area contributed by atoms with Crippen LogP contribution in [0.15, 0.2) is 0 Å². The third-order valence-electron chi connectivity index (χ3n) is 3.49. The molecule has 0 spiro atoms. The SMILES string of the molecule is CC(C(=O)NC(C)(C)C)N1CCCN(CCN)CC1. The summed E-state index contributed by atoms with van der Waals surface area (Å²) in [5.41, 5.74) is 5.44. The molecule has 0 aliphatic carbocycles. The van der Waals surface area contributed by atoms with Crippen molar-refractivity contribution in [3.05, 3.63) is 0 Å². The molecule has 3 N–H and O–H groups in total. The Bertz CT molecular complexity index is 288. The lowest BCUT2D eigenvalue weighted by Crippen LogP contribution is -2.51. The summed E-state index contributed by atoms with van der Waals surface area (Å²) in [7, 11) is 0. The topological polar surface area (TPSA) is 61.6 Å². The van der Waals surface area contributed by atoms with Crippen LogP contribution in [0.4, 0.5) is 0 Å². The second-order valence-corrected chi connectivity index (χ2v) is 6.44. The molecule has 0 bridgehead atoms. The van der Waals surface area contributed by atoms with E-state index < -0.39 is 0 Å². The highest BCUT2D eigenvalue weighted by Gasteiger charge is 2.26. The van der Waals surface area contributed by atoms with E-state index in [1.165, 1.54) is 0 Å². The van der Waals surface area contributed by atoms with Gasteiger partial charge in [-0.05, 0) is 40.7 Å². The van der Waals surface area contributed by atoms with Crippen molar-refractivity contribution in [1.29, 1.82) is 0 Å². The molecule has 1 saturated heterocycles. The zero-order chi connectivity index (χ0) is 14.5. The van der Waals surface area contributed by atoms with E-state index in [0.29, 0.717) is 6.54 Å². The molecule has 1 fully saturated rings. The largest absolute Gasteiger partial charge is 0.350 e. The molecule has 1 heterocycles. The molecular formula is C14H30N4O. The van der Waals surface area contributed by atoms with E-state index in [1.807, 2.05) is 27.7 Å². The monoisotopic (exact) mass is 270 g/mol. The number of nitrogens with one attached hydrogen (secondary N) is 1. The summed E-state index contributed by atoms with van der Waals surface area (Å²) in [6.07, 6.45) is 1.10. The van der Waals surface area contributed by atoms with E-state index in [9.17, 15) is 4.79 Å². The van der Waals surface area contributed by atoms with Gasteiger partial charge in [-0.3, -0.25) is 9.69 Å². The van der Waals surface area contributed by atoms with Gasteiger partial charge in [-0.25, -0.2) is 0 Å². The van der Waals surface area contributed by atoms with Crippen LogP contribution in [-0.4, -0.2) is 66.6 Å². The molecule has 0 aromatic rings. The molecule has 1 aliphatic heterocycles. The Balaban J connectivity index is 2.48. The van der Waals surface area contributed by atoms with Crippen molar-refractivity contribution in [2.75, 3.05) is 39.3 Å². The number of carbonyl (C=O) groups excluding carboxylic acids is 1. The minimum atomic E-state index is -0.164. The maximum Gasteiger partial charge on any atom is 0.237 e. The molecule has 112 valence electrons. The third-order valence-corrected chi connectivity index (χ3v) is 3.49. The smallest absolute Gasteiger partial charge is 0.237 e. The zero-order valence-corrected chi connectivity index (χ0v) is 12.9. The lowest BCUT2D eigenvalue weighted by molar-refractivity contribution is -0.127. The minimum absolute atomic E-state index is 0.0583.